The third-order valence-corrected chi connectivity index (χ3v) is 1.86. The molecule has 0 unspecified atom stereocenters. The summed E-state index contributed by atoms with van der Waals surface area (Å²) in [7, 11) is 0. The van der Waals surface area contributed by atoms with Crippen molar-refractivity contribution in [3.05, 3.63) is 23.8 Å². The van der Waals surface area contributed by atoms with Crippen molar-refractivity contribution in [1.82, 2.24) is 9.97 Å². The third-order valence-electron chi connectivity index (χ3n) is 1.86. The van der Waals surface area contributed by atoms with E-state index in [1.54, 1.807) is 12.4 Å². The zero-order valence-electron chi connectivity index (χ0n) is 6.77. The van der Waals surface area contributed by atoms with Crippen LogP contribution in [-0.4, -0.2) is 26.8 Å². The molecule has 13 heavy (non-hydrogen) atoms. The third kappa shape index (κ3) is 1.40. The zero-order chi connectivity index (χ0) is 9.26. The summed E-state index contributed by atoms with van der Waals surface area (Å²) in [6, 6.07) is 0. The molecule has 66 valence electrons. The van der Waals surface area contributed by atoms with Gasteiger partial charge in [0.2, 0.25) is 0 Å². The molecule has 0 amide bonds. The van der Waals surface area contributed by atoms with Crippen molar-refractivity contribution < 1.29 is 9.90 Å². The van der Waals surface area contributed by atoms with Gasteiger partial charge in [0.05, 0.1) is 17.9 Å². The van der Waals surface area contributed by atoms with Crippen LogP contribution in [0, 0.1) is 0 Å². The summed E-state index contributed by atoms with van der Waals surface area (Å²) >= 11 is 0. The average Bonchev–Trinajstić information content (AvgIpc) is 2.17. The number of aromatic nitrogens is 2. The Labute approximate surface area is 74.2 Å². The summed E-state index contributed by atoms with van der Waals surface area (Å²) in [6.45, 7) is 0.324. The molecule has 0 aromatic carbocycles. The molecule has 1 N–H and O–H groups in total. The number of carboxylic acid groups (broad SMARTS) is 1. The Kier molecular flexibility index (Phi) is 1.77. The van der Waals surface area contributed by atoms with Crippen LogP contribution < -0.4 is 0 Å². The minimum Gasteiger partial charge on any atom is -0.477 e. The molecule has 0 saturated heterocycles. The van der Waals surface area contributed by atoms with Gasteiger partial charge in [-0.15, -0.1) is 0 Å². The second-order valence-electron chi connectivity index (χ2n) is 2.69. The van der Waals surface area contributed by atoms with Crippen LogP contribution >= 0.6 is 0 Å². The molecule has 2 rings (SSSR count). The maximum absolute atomic E-state index is 10.6. The van der Waals surface area contributed by atoms with Crippen LogP contribution in [0.3, 0.4) is 0 Å². The smallest absolute Gasteiger partial charge is 0.350 e. The number of hydrogen-bond acceptors (Lipinski definition) is 4. The van der Waals surface area contributed by atoms with Gasteiger partial charge in [-0.25, -0.2) is 4.79 Å². The Morgan fingerprint density at radius 2 is 2.00 bits per heavy atom. The van der Waals surface area contributed by atoms with E-state index in [1.165, 1.54) is 0 Å². The van der Waals surface area contributed by atoms with Crippen LogP contribution in [0.15, 0.2) is 17.4 Å². The van der Waals surface area contributed by atoms with Gasteiger partial charge >= 0.3 is 5.97 Å². The fraction of sp³-hybridized carbons (Fsp3) is 0.250. The molecule has 0 fully saturated rings. The second-order valence-corrected chi connectivity index (χ2v) is 2.69. The lowest BCUT2D eigenvalue weighted by Gasteiger charge is -2.10. The van der Waals surface area contributed by atoms with Crippen molar-refractivity contribution in [1.29, 1.82) is 0 Å². The molecule has 5 heteroatoms. The minimum absolute atomic E-state index is 0.160. The Morgan fingerprint density at radius 1 is 1.31 bits per heavy atom. The van der Waals surface area contributed by atoms with E-state index < -0.39 is 5.97 Å². The van der Waals surface area contributed by atoms with Crippen LogP contribution in [0.25, 0.3) is 0 Å². The summed E-state index contributed by atoms with van der Waals surface area (Å²) < 4.78 is 0. The maximum atomic E-state index is 10.6. The van der Waals surface area contributed by atoms with E-state index in [1.807, 2.05) is 0 Å². The molecule has 2 heterocycles. The monoisotopic (exact) mass is 177 g/mol. The topological polar surface area (TPSA) is 75.4 Å². The highest BCUT2D eigenvalue weighted by Crippen LogP contribution is 2.11. The van der Waals surface area contributed by atoms with Crippen LogP contribution in [-0.2, 0) is 17.8 Å². The zero-order valence-corrected chi connectivity index (χ0v) is 6.77. The molecule has 0 saturated carbocycles. The van der Waals surface area contributed by atoms with E-state index in [2.05, 4.69) is 15.0 Å². The standard InChI is InChI=1S/C8H7N3O2/c12-8(13)6-3-5-7(4-11-6)10-2-1-9-5/h1-2H,3-4H2,(H,12,13). The summed E-state index contributed by atoms with van der Waals surface area (Å²) in [5.41, 5.74) is 1.65. The fourth-order valence-corrected chi connectivity index (χ4v) is 1.20. The Morgan fingerprint density at radius 3 is 2.69 bits per heavy atom. The van der Waals surface area contributed by atoms with Crippen LogP contribution in [0.1, 0.15) is 11.4 Å². The summed E-state index contributed by atoms with van der Waals surface area (Å²) in [5.74, 6) is -0.976. The van der Waals surface area contributed by atoms with E-state index in [9.17, 15) is 4.79 Å². The summed E-state index contributed by atoms with van der Waals surface area (Å²) in [6.07, 6.45) is 3.42. The molecule has 0 bridgehead atoms. The van der Waals surface area contributed by atoms with Gasteiger partial charge in [0.25, 0.3) is 0 Å². The number of fused-ring (bicyclic) bond motifs is 1. The fourth-order valence-electron chi connectivity index (χ4n) is 1.20. The van der Waals surface area contributed by atoms with Crippen molar-refractivity contribution in [3.63, 3.8) is 0 Å². The molecule has 1 aromatic rings. The average molecular weight is 177 g/mol. The lowest BCUT2D eigenvalue weighted by atomic mass is 10.1. The first-order valence-electron chi connectivity index (χ1n) is 3.83. The molecule has 1 aliphatic heterocycles. The number of hydrogen-bond donors (Lipinski definition) is 1. The highest BCUT2D eigenvalue weighted by molar-refractivity contribution is 6.36. The Hall–Kier alpha value is -1.78. The van der Waals surface area contributed by atoms with Gasteiger partial charge in [-0.2, -0.15) is 0 Å². The predicted octanol–water partition coefficient (Wildman–Crippen LogP) is 0.0583. The molecule has 0 atom stereocenters. The molecule has 5 nitrogen and oxygen atoms in total. The van der Waals surface area contributed by atoms with E-state index in [0.717, 1.165) is 11.4 Å². The van der Waals surface area contributed by atoms with Crippen molar-refractivity contribution in [2.45, 2.75) is 13.0 Å². The molecular weight excluding hydrogens is 170 g/mol. The van der Waals surface area contributed by atoms with Crippen molar-refractivity contribution >= 4 is 11.7 Å². The van der Waals surface area contributed by atoms with Gasteiger partial charge in [0, 0.05) is 18.8 Å². The normalized spacial score (nSPS) is 14.6. The van der Waals surface area contributed by atoms with E-state index in [4.69, 9.17) is 5.11 Å². The van der Waals surface area contributed by atoms with Crippen LogP contribution in [0.4, 0.5) is 0 Å². The maximum Gasteiger partial charge on any atom is 0.350 e. The van der Waals surface area contributed by atoms with E-state index in [-0.39, 0.29) is 12.1 Å². The minimum atomic E-state index is -0.976. The highest BCUT2D eigenvalue weighted by Gasteiger charge is 2.18. The number of aliphatic carboxylic acids is 1. The van der Waals surface area contributed by atoms with Gasteiger partial charge in [0.1, 0.15) is 5.71 Å². The SMILES string of the molecule is O=C(O)C1=NCc2nccnc2C1. The lowest BCUT2D eigenvalue weighted by Crippen LogP contribution is -2.21. The van der Waals surface area contributed by atoms with Crippen molar-refractivity contribution in [3.8, 4) is 0 Å². The quantitative estimate of drug-likeness (QED) is 0.658. The molecule has 0 spiro atoms. The van der Waals surface area contributed by atoms with E-state index in [0.29, 0.717) is 6.54 Å². The molecule has 0 radical (unpaired) electrons. The first-order valence-corrected chi connectivity index (χ1v) is 3.83. The largest absolute Gasteiger partial charge is 0.477 e. The first-order chi connectivity index (χ1) is 6.27. The molecular formula is C8H7N3O2. The second kappa shape index (κ2) is 2.93. The van der Waals surface area contributed by atoms with Gasteiger partial charge in [-0.1, -0.05) is 0 Å². The number of carboxylic acids is 1. The highest BCUT2D eigenvalue weighted by atomic mass is 16.4. The number of carbonyl (C=O) groups is 1. The molecule has 1 aliphatic rings. The number of aliphatic imine (C=N–C) groups is 1. The number of rotatable bonds is 1. The van der Waals surface area contributed by atoms with Crippen LogP contribution in [0.5, 0.6) is 0 Å². The molecule has 1 aromatic heterocycles. The molecule has 0 aliphatic carbocycles. The first kappa shape index (κ1) is 7.85. The van der Waals surface area contributed by atoms with Gasteiger partial charge in [-0.05, 0) is 0 Å². The summed E-state index contributed by atoms with van der Waals surface area (Å²) in [4.78, 5) is 22.6. The Bertz CT molecular complexity index is 387. The van der Waals surface area contributed by atoms with E-state index >= 15 is 0 Å². The van der Waals surface area contributed by atoms with Gasteiger partial charge in [-0.3, -0.25) is 15.0 Å². The van der Waals surface area contributed by atoms with Crippen molar-refractivity contribution in [2.24, 2.45) is 4.99 Å². The van der Waals surface area contributed by atoms with Gasteiger partial charge in [0.15, 0.2) is 0 Å². The predicted molar refractivity (Wildman–Crippen MR) is 44.5 cm³/mol. The summed E-state index contributed by atoms with van der Waals surface area (Å²) in [5, 5.41) is 8.68. The number of nitrogens with zero attached hydrogens (tertiary/aromatic N) is 3. The van der Waals surface area contributed by atoms with Crippen molar-refractivity contribution in [2.75, 3.05) is 0 Å². The Balaban J connectivity index is 2.33. The van der Waals surface area contributed by atoms with Crippen LogP contribution in [0.2, 0.25) is 0 Å². The lowest BCUT2D eigenvalue weighted by molar-refractivity contribution is -0.129. The van der Waals surface area contributed by atoms with Gasteiger partial charge < -0.3 is 5.11 Å².